The number of nitriles is 1. The molecule has 0 N–H and O–H groups in total. The molecule has 0 aromatic heterocycles. The molecule has 0 radical (unpaired) electrons. The monoisotopic (exact) mass is 511 g/mol. The van der Waals surface area contributed by atoms with Gasteiger partial charge in [0.25, 0.3) is 0 Å². The molecule has 0 saturated carbocycles. The summed E-state index contributed by atoms with van der Waals surface area (Å²) in [5, 5.41) is 9.51. The number of amides is 3. The van der Waals surface area contributed by atoms with Gasteiger partial charge in [0.15, 0.2) is 0 Å². The van der Waals surface area contributed by atoms with Crippen LogP contribution in [0.15, 0.2) is 24.3 Å². The van der Waals surface area contributed by atoms with E-state index in [-0.39, 0.29) is 42.3 Å². The van der Waals surface area contributed by atoms with Crippen LogP contribution in [-0.2, 0) is 20.9 Å². The summed E-state index contributed by atoms with van der Waals surface area (Å²) in [5.74, 6) is -0.541. The Morgan fingerprint density at radius 1 is 1.16 bits per heavy atom. The summed E-state index contributed by atoms with van der Waals surface area (Å²) >= 11 is 0. The molecule has 4 fully saturated rings. The molecular formula is C27H34FN5O4. The van der Waals surface area contributed by atoms with E-state index in [4.69, 9.17) is 4.74 Å². The molecular weight excluding hydrogens is 477 g/mol. The van der Waals surface area contributed by atoms with E-state index in [1.807, 2.05) is 11.0 Å². The Morgan fingerprint density at radius 2 is 1.95 bits per heavy atom. The number of piperazine rings is 1. The molecule has 1 aromatic rings. The number of carbonyl (C=O) groups is 3. The molecule has 4 heterocycles. The SMILES string of the molecule is CC(C)(C)OC(=O)N1C[C@@H](N2C[C@@H]3C[C@H]2C(=O)N3Cc2cccc(F)c2)C[C@H]1C(=O)N1CCC[C@H]1C#N. The van der Waals surface area contributed by atoms with Gasteiger partial charge in [-0.15, -0.1) is 0 Å². The van der Waals surface area contributed by atoms with E-state index in [0.717, 1.165) is 12.0 Å². The van der Waals surface area contributed by atoms with E-state index in [1.54, 1.807) is 31.7 Å². The van der Waals surface area contributed by atoms with Gasteiger partial charge >= 0.3 is 6.09 Å². The molecule has 5 atom stereocenters. The molecule has 2 bridgehead atoms. The lowest BCUT2D eigenvalue weighted by Crippen LogP contribution is -2.54. The number of hydrogen-bond acceptors (Lipinski definition) is 6. The van der Waals surface area contributed by atoms with Crippen LogP contribution in [0.4, 0.5) is 9.18 Å². The lowest BCUT2D eigenvalue weighted by atomic mass is 10.1. The fourth-order valence-electron chi connectivity index (χ4n) is 6.29. The molecule has 0 unspecified atom stereocenters. The van der Waals surface area contributed by atoms with Gasteiger partial charge in [-0.2, -0.15) is 5.26 Å². The summed E-state index contributed by atoms with van der Waals surface area (Å²) in [6, 6.07) is 6.82. The van der Waals surface area contributed by atoms with Gasteiger partial charge in [0.05, 0.1) is 12.1 Å². The summed E-state index contributed by atoms with van der Waals surface area (Å²) < 4.78 is 19.3. The molecule has 5 rings (SSSR count). The number of hydrogen-bond donors (Lipinski definition) is 0. The highest BCUT2D eigenvalue weighted by atomic mass is 19.1. The summed E-state index contributed by atoms with van der Waals surface area (Å²) in [6.07, 6.45) is 1.92. The van der Waals surface area contributed by atoms with Crippen molar-refractivity contribution in [2.75, 3.05) is 19.6 Å². The molecule has 1 aromatic carbocycles. The van der Waals surface area contributed by atoms with E-state index < -0.39 is 23.8 Å². The molecule has 4 aliphatic heterocycles. The molecule has 4 aliphatic rings. The Morgan fingerprint density at radius 3 is 2.62 bits per heavy atom. The van der Waals surface area contributed by atoms with Gasteiger partial charge in [0.1, 0.15) is 23.5 Å². The molecule has 9 nitrogen and oxygen atoms in total. The maximum Gasteiger partial charge on any atom is 0.411 e. The Balaban J connectivity index is 1.32. The van der Waals surface area contributed by atoms with Crippen LogP contribution < -0.4 is 0 Å². The third-order valence-corrected chi connectivity index (χ3v) is 7.91. The van der Waals surface area contributed by atoms with Crippen molar-refractivity contribution in [2.45, 2.75) is 88.8 Å². The highest BCUT2D eigenvalue weighted by Crippen LogP contribution is 2.38. The zero-order valence-corrected chi connectivity index (χ0v) is 21.6. The number of rotatable bonds is 4. The number of fused-ring (bicyclic) bond motifs is 2. The van der Waals surface area contributed by atoms with Crippen LogP contribution in [0.1, 0.15) is 52.0 Å². The van der Waals surface area contributed by atoms with E-state index in [1.165, 1.54) is 17.0 Å². The minimum atomic E-state index is -0.730. The van der Waals surface area contributed by atoms with Crippen LogP contribution in [0.5, 0.6) is 0 Å². The van der Waals surface area contributed by atoms with Gasteiger partial charge in [0, 0.05) is 38.3 Å². The van der Waals surface area contributed by atoms with Gasteiger partial charge in [-0.1, -0.05) is 12.1 Å². The van der Waals surface area contributed by atoms with Crippen molar-refractivity contribution in [3.05, 3.63) is 35.6 Å². The summed E-state index contributed by atoms with van der Waals surface area (Å²) in [4.78, 5) is 47.1. The molecule has 0 aliphatic carbocycles. The van der Waals surface area contributed by atoms with Crippen molar-refractivity contribution < 1.29 is 23.5 Å². The van der Waals surface area contributed by atoms with Crippen LogP contribution >= 0.6 is 0 Å². The first-order chi connectivity index (χ1) is 17.6. The lowest BCUT2D eigenvalue weighted by molar-refractivity contribution is -0.138. The summed E-state index contributed by atoms with van der Waals surface area (Å²) in [6.45, 7) is 7.15. The first-order valence-electron chi connectivity index (χ1n) is 13.1. The summed E-state index contributed by atoms with van der Waals surface area (Å²) in [5.41, 5.74) is 0.0406. The second kappa shape index (κ2) is 9.60. The minimum Gasteiger partial charge on any atom is -0.444 e. The minimum absolute atomic E-state index is 0.00296. The fourth-order valence-corrected chi connectivity index (χ4v) is 6.29. The lowest BCUT2D eigenvalue weighted by Gasteiger charge is -2.37. The van der Waals surface area contributed by atoms with Crippen LogP contribution in [0.2, 0.25) is 0 Å². The topological polar surface area (TPSA) is 97.2 Å². The number of carbonyl (C=O) groups excluding carboxylic acids is 3. The average Bonchev–Trinajstić information content (AvgIpc) is 3.61. The first-order valence-corrected chi connectivity index (χ1v) is 13.1. The van der Waals surface area contributed by atoms with Crippen molar-refractivity contribution in [1.29, 1.82) is 5.26 Å². The van der Waals surface area contributed by atoms with Crippen LogP contribution in [0.3, 0.4) is 0 Å². The van der Waals surface area contributed by atoms with E-state index in [0.29, 0.717) is 38.9 Å². The Bertz CT molecular complexity index is 1130. The zero-order chi connectivity index (χ0) is 26.5. The Kier molecular flexibility index (Phi) is 6.61. The van der Waals surface area contributed by atoms with Gasteiger partial charge < -0.3 is 14.5 Å². The Hall–Kier alpha value is -3.19. The standard InChI is InChI=1S/C27H34FN5O4/c1-27(2,3)37-26(36)33-16-20(11-23(33)24(34)30-9-5-8-19(30)13-29)31-15-21-12-22(31)25(35)32(21)14-17-6-4-7-18(28)10-17/h4,6-7,10,19-23H,5,8-9,11-12,14-16H2,1-3H3/t19-,20-,21-,22-,23-/m0/s1. The van der Waals surface area contributed by atoms with E-state index in [9.17, 15) is 24.0 Å². The second-order valence-electron chi connectivity index (χ2n) is 11.6. The number of likely N-dealkylation sites (tertiary alicyclic amines) is 4. The van der Waals surface area contributed by atoms with Crippen molar-refractivity contribution in [3.63, 3.8) is 0 Å². The smallest absolute Gasteiger partial charge is 0.411 e. The van der Waals surface area contributed by atoms with Crippen molar-refractivity contribution in [2.24, 2.45) is 0 Å². The second-order valence-corrected chi connectivity index (χ2v) is 11.6. The molecule has 0 spiro atoms. The van der Waals surface area contributed by atoms with Crippen molar-refractivity contribution in [1.82, 2.24) is 19.6 Å². The van der Waals surface area contributed by atoms with Gasteiger partial charge in [0.2, 0.25) is 11.8 Å². The highest BCUT2D eigenvalue weighted by Gasteiger charge is 2.55. The Labute approximate surface area is 216 Å². The maximum absolute atomic E-state index is 13.7. The molecule has 4 saturated heterocycles. The van der Waals surface area contributed by atoms with E-state index in [2.05, 4.69) is 11.0 Å². The van der Waals surface area contributed by atoms with E-state index >= 15 is 0 Å². The van der Waals surface area contributed by atoms with Crippen LogP contribution in [0, 0.1) is 17.1 Å². The predicted molar refractivity (Wildman–Crippen MR) is 131 cm³/mol. The van der Waals surface area contributed by atoms with Gasteiger partial charge in [-0.3, -0.25) is 19.4 Å². The normalized spacial score (nSPS) is 29.8. The molecule has 3 amide bonds. The molecule has 37 heavy (non-hydrogen) atoms. The fraction of sp³-hybridized carbons (Fsp3) is 0.630. The maximum atomic E-state index is 13.7. The largest absolute Gasteiger partial charge is 0.444 e. The first kappa shape index (κ1) is 25.5. The highest BCUT2D eigenvalue weighted by molar-refractivity contribution is 5.88. The quantitative estimate of drug-likeness (QED) is 0.616. The third-order valence-electron chi connectivity index (χ3n) is 7.91. The van der Waals surface area contributed by atoms with Crippen molar-refractivity contribution in [3.8, 4) is 6.07 Å². The number of halogens is 1. The molecule has 10 heteroatoms. The average molecular weight is 512 g/mol. The van der Waals surface area contributed by atoms with Crippen LogP contribution in [-0.4, -0.2) is 93.0 Å². The zero-order valence-electron chi connectivity index (χ0n) is 21.6. The van der Waals surface area contributed by atoms with Crippen LogP contribution in [0.25, 0.3) is 0 Å². The predicted octanol–water partition coefficient (Wildman–Crippen LogP) is 2.50. The number of ether oxygens (including phenoxy) is 1. The number of nitrogens with zero attached hydrogens (tertiary/aromatic N) is 5. The van der Waals surface area contributed by atoms with Gasteiger partial charge in [-0.05, 0) is 64.2 Å². The third kappa shape index (κ3) is 4.89. The number of benzene rings is 1. The molecule has 198 valence electrons. The van der Waals surface area contributed by atoms with Crippen molar-refractivity contribution >= 4 is 17.9 Å². The summed E-state index contributed by atoms with van der Waals surface area (Å²) in [7, 11) is 0. The van der Waals surface area contributed by atoms with Gasteiger partial charge in [-0.25, -0.2) is 9.18 Å².